The van der Waals surface area contributed by atoms with Crippen LogP contribution < -0.4 is 20.2 Å². The van der Waals surface area contributed by atoms with Crippen LogP contribution in [0.3, 0.4) is 0 Å². The minimum atomic E-state index is -2.18. The summed E-state index contributed by atoms with van der Waals surface area (Å²) < 4.78 is 0. The van der Waals surface area contributed by atoms with Crippen molar-refractivity contribution in [2.45, 2.75) is 13.1 Å². The summed E-state index contributed by atoms with van der Waals surface area (Å²) in [5.74, 6) is 0. The van der Waals surface area contributed by atoms with E-state index in [9.17, 15) is 0 Å². The molecule has 11 aromatic rings. The van der Waals surface area contributed by atoms with E-state index >= 15 is 0 Å². The minimum Gasteiger partial charge on any atom is -0.311 e. The normalized spacial score (nSPS) is 12.7. The van der Waals surface area contributed by atoms with Crippen LogP contribution in [0.4, 0.5) is 34.1 Å². The third-order valence-corrected chi connectivity index (χ3v) is 16.9. The van der Waals surface area contributed by atoms with Gasteiger partial charge in [0.2, 0.25) is 0 Å². The van der Waals surface area contributed by atoms with Crippen LogP contribution in [0.25, 0.3) is 65.3 Å². The van der Waals surface area contributed by atoms with Crippen molar-refractivity contribution < 1.29 is 0 Å². The zero-order valence-electron chi connectivity index (χ0n) is 35.3. The summed E-state index contributed by atoms with van der Waals surface area (Å²) in [5, 5.41) is 13.3. The topological polar surface area (TPSA) is 6.48 Å². The summed E-state index contributed by atoms with van der Waals surface area (Å²) in [4.78, 5) is 4.78. The second kappa shape index (κ2) is 14.7. The van der Waals surface area contributed by atoms with Gasteiger partial charge in [0.05, 0.1) is 5.69 Å². The molecule has 0 atom stereocenters. The van der Waals surface area contributed by atoms with Gasteiger partial charge in [-0.25, -0.2) is 0 Å². The molecular formula is C60H44N2Si. The first kappa shape index (κ1) is 37.1. The maximum absolute atomic E-state index is 2.54. The van der Waals surface area contributed by atoms with E-state index in [1.54, 1.807) is 0 Å². The number of hydrogen-bond donors (Lipinski definition) is 0. The molecule has 0 radical (unpaired) electrons. The molecule has 0 spiro atoms. The summed E-state index contributed by atoms with van der Waals surface area (Å²) in [6, 6.07) is 85.0. The number of rotatable bonds is 7. The first-order valence-electron chi connectivity index (χ1n) is 21.9. The standard InChI is InChI=1S/C60H44N2Si/c1-63(2)58-31-17-29-52-55-39-53(42-32-34-46(35-33-42)62(45-24-10-5-11-25-45)57-30-16-19-41-18-12-13-26-48(41)57)49-27-14-15-28-50(49)54(55)40-56(60(52)58)51-37-36-47(38-59(51)63)61(43-20-6-3-7-21-43)44-22-8-4-9-23-44/h3-40H,1-2H3. The van der Waals surface area contributed by atoms with E-state index in [1.165, 1.54) is 81.4 Å². The lowest BCUT2D eigenvalue weighted by molar-refractivity contribution is 1.29. The number of nitrogens with zero attached hydrogens (tertiary/aromatic N) is 2. The van der Waals surface area contributed by atoms with Gasteiger partial charge < -0.3 is 9.80 Å². The van der Waals surface area contributed by atoms with Crippen LogP contribution in [0, 0.1) is 0 Å². The third kappa shape index (κ3) is 6.00. The van der Waals surface area contributed by atoms with Crippen molar-refractivity contribution in [1.29, 1.82) is 0 Å². The van der Waals surface area contributed by atoms with Gasteiger partial charge in [0.25, 0.3) is 0 Å². The van der Waals surface area contributed by atoms with Crippen LogP contribution in [0.5, 0.6) is 0 Å². The van der Waals surface area contributed by atoms with Crippen LogP contribution in [-0.4, -0.2) is 8.07 Å². The lowest BCUT2D eigenvalue weighted by Gasteiger charge is -2.35. The van der Waals surface area contributed by atoms with Crippen molar-refractivity contribution in [2.24, 2.45) is 0 Å². The van der Waals surface area contributed by atoms with E-state index in [0.29, 0.717) is 0 Å². The molecule has 1 aliphatic heterocycles. The molecule has 0 saturated heterocycles. The number of fused-ring (bicyclic) bond motifs is 7. The van der Waals surface area contributed by atoms with Crippen molar-refractivity contribution in [3.05, 3.63) is 231 Å². The molecule has 63 heavy (non-hydrogen) atoms. The van der Waals surface area contributed by atoms with Gasteiger partial charge in [-0.3, -0.25) is 0 Å². The van der Waals surface area contributed by atoms with Crippen LogP contribution >= 0.6 is 0 Å². The number of hydrogen-bond acceptors (Lipinski definition) is 2. The molecule has 1 heterocycles. The van der Waals surface area contributed by atoms with E-state index in [4.69, 9.17) is 0 Å². The number of para-hydroxylation sites is 3. The molecule has 0 bridgehead atoms. The van der Waals surface area contributed by atoms with Gasteiger partial charge in [-0.05, 0) is 149 Å². The highest BCUT2D eigenvalue weighted by Crippen LogP contribution is 2.46. The van der Waals surface area contributed by atoms with E-state index in [1.807, 2.05) is 0 Å². The summed E-state index contributed by atoms with van der Waals surface area (Å²) in [6.45, 7) is 5.08. The average molecular weight is 821 g/mol. The Bertz CT molecular complexity index is 3480. The molecule has 0 fully saturated rings. The SMILES string of the molecule is C[Si]1(C)c2cc(N(c3ccccc3)c3ccccc3)ccc2-c2cc3c4ccccc4c(-c4ccc(N(c5ccccc5)c5cccc6ccccc56)cc4)cc3c3cccc1c23. The highest BCUT2D eigenvalue weighted by Gasteiger charge is 2.36. The Kier molecular flexibility index (Phi) is 8.67. The van der Waals surface area contributed by atoms with Crippen molar-refractivity contribution >= 4 is 95.7 Å². The Balaban J connectivity index is 1.02. The molecule has 0 saturated carbocycles. The molecule has 3 heteroatoms. The predicted octanol–water partition coefficient (Wildman–Crippen LogP) is 15.7. The monoisotopic (exact) mass is 820 g/mol. The average Bonchev–Trinajstić information content (AvgIpc) is 3.34. The maximum atomic E-state index is 2.54. The molecule has 11 aromatic carbocycles. The molecule has 0 unspecified atom stereocenters. The lowest BCUT2D eigenvalue weighted by atomic mass is 9.87. The quantitative estimate of drug-likeness (QED) is 0.117. The van der Waals surface area contributed by atoms with E-state index in [-0.39, 0.29) is 0 Å². The Morgan fingerprint density at radius 2 is 0.810 bits per heavy atom. The van der Waals surface area contributed by atoms with Gasteiger partial charge in [-0.2, -0.15) is 0 Å². The van der Waals surface area contributed by atoms with E-state index in [2.05, 4.69) is 253 Å². The summed E-state index contributed by atoms with van der Waals surface area (Å²) >= 11 is 0. The van der Waals surface area contributed by atoms with Gasteiger partial charge in [0, 0.05) is 33.8 Å². The molecule has 298 valence electrons. The van der Waals surface area contributed by atoms with Crippen LogP contribution in [0.1, 0.15) is 0 Å². The van der Waals surface area contributed by atoms with Crippen molar-refractivity contribution in [1.82, 2.24) is 0 Å². The summed E-state index contributed by atoms with van der Waals surface area (Å²) in [6.07, 6.45) is 0. The Labute approximate surface area is 369 Å². The molecule has 0 aliphatic carbocycles. The maximum Gasteiger partial charge on any atom is 0.113 e. The Morgan fingerprint density at radius 3 is 1.51 bits per heavy atom. The van der Waals surface area contributed by atoms with Gasteiger partial charge in [0.1, 0.15) is 8.07 Å². The molecule has 0 N–H and O–H groups in total. The number of benzene rings is 11. The van der Waals surface area contributed by atoms with Crippen LogP contribution in [0.15, 0.2) is 231 Å². The molecule has 0 aromatic heterocycles. The fourth-order valence-corrected chi connectivity index (χ4v) is 13.5. The zero-order valence-corrected chi connectivity index (χ0v) is 36.3. The molecule has 2 nitrogen and oxygen atoms in total. The Morgan fingerprint density at radius 1 is 0.302 bits per heavy atom. The largest absolute Gasteiger partial charge is 0.311 e. The highest BCUT2D eigenvalue weighted by atomic mass is 28.3. The molecule has 12 rings (SSSR count). The third-order valence-electron chi connectivity index (χ3n) is 13.4. The molecule has 1 aliphatic rings. The first-order valence-corrected chi connectivity index (χ1v) is 24.9. The van der Waals surface area contributed by atoms with Crippen molar-refractivity contribution in [3.8, 4) is 22.3 Å². The van der Waals surface area contributed by atoms with Crippen molar-refractivity contribution in [3.63, 3.8) is 0 Å². The van der Waals surface area contributed by atoms with E-state index in [0.717, 1.165) is 28.4 Å². The van der Waals surface area contributed by atoms with Crippen LogP contribution in [0.2, 0.25) is 13.1 Å². The molecule has 0 amide bonds. The van der Waals surface area contributed by atoms with Gasteiger partial charge >= 0.3 is 0 Å². The van der Waals surface area contributed by atoms with Gasteiger partial charge in [-0.1, -0.05) is 165 Å². The summed E-state index contributed by atoms with van der Waals surface area (Å²) in [5.41, 5.74) is 12.1. The van der Waals surface area contributed by atoms with Gasteiger partial charge in [0.15, 0.2) is 0 Å². The fraction of sp³-hybridized carbons (Fsp3) is 0.0333. The smallest absolute Gasteiger partial charge is 0.113 e. The minimum absolute atomic E-state index is 1.12. The zero-order chi connectivity index (χ0) is 42.1. The van der Waals surface area contributed by atoms with Crippen molar-refractivity contribution in [2.75, 3.05) is 9.80 Å². The lowest BCUT2D eigenvalue weighted by Crippen LogP contribution is -2.56. The Hall–Kier alpha value is -7.72. The fourth-order valence-electron chi connectivity index (χ4n) is 10.4. The first-order chi connectivity index (χ1) is 31.0. The second-order valence-corrected chi connectivity index (χ2v) is 21.6. The number of anilines is 6. The predicted molar refractivity (Wildman–Crippen MR) is 273 cm³/mol. The van der Waals surface area contributed by atoms with Gasteiger partial charge in [-0.15, -0.1) is 0 Å². The highest BCUT2D eigenvalue weighted by molar-refractivity contribution is 7.03. The summed E-state index contributed by atoms with van der Waals surface area (Å²) in [7, 11) is -2.18. The second-order valence-electron chi connectivity index (χ2n) is 17.3. The van der Waals surface area contributed by atoms with Crippen LogP contribution in [-0.2, 0) is 0 Å². The van der Waals surface area contributed by atoms with E-state index < -0.39 is 8.07 Å². The molecular weight excluding hydrogens is 777 g/mol.